The molecule has 1 aromatic rings. The van der Waals surface area contributed by atoms with Crippen LogP contribution in [0.5, 0.6) is 0 Å². The Morgan fingerprint density at radius 3 is 2.57 bits per heavy atom. The van der Waals surface area contributed by atoms with Crippen molar-refractivity contribution in [2.75, 3.05) is 44.2 Å². The minimum Gasteiger partial charge on any atom is -0.373 e. The highest BCUT2D eigenvalue weighted by molar-refractivity contribution is 14.0. The van der Waals surface area contributed by atoms with E-state index >= 15 is 0 Å². The van der Waals surface area contributed by atoms with Crippen LogP contribution in [0.3, 0.4) is 0 Å². The molecule has 3 aliphatic heterocycles. The molecule has 7 nitrogen and oxygen atoms in total. The largest absolute Gasteiger partial charge is 0.373 e. The van der Waals surface area contributed by atoms with Crippen molar-refractivity contribution in [1.29, 1.82) is 0 Å². The molecule has 0 saturated carbocycles. The number of hydrogen-bond donors (Lipinski definition) is 2. The molecule has 2 bridgehead atoms. The van der Waals surface area contributed by atoms with Gasteiger partial charge in [0, 0.05) is 44.8 Å². The maximum atomic E-state index is 12.6. The van der Waals surface area contributed by atoms with Gasteiger partial charge in [0.15, 0.2) is 5.96 Å². The highest BCUT2D eigenvalue weighted by Crippen LogP contribution is 2.34. The van der Waals surface area contributed by atoms with Crippen molar-refractivity contribution in [2.24, 2.45) is 4.99 Å². The van der Waals surface area contributed by atoms with E-state index in [1.807, 2.05) is 11.0 Å². The summed E-state index contributed by atoms with van der Waals surface area (Å²) < 4.78 is 5.92. The monoisotopic (exact) mass is 527 g/mol. The van der Waals surface area contributed by atoms with Gasteiger partial charge < -0.3 is 25.2 Å². The molecule has 3 atom stereocenters. The summed E-state index contributed by atoms with van der Waals surface area (Å²) in [5.41, 5.74) is 1.23. The first-order valence-corrected chi connectivity index (χ1v) is 11.0. The van der Waals surface area contributed by atoms with Gasteiger partial charge in [-0.05, 0) is 38.3 Å². The van der Waals surface area contributed by atoms with Crippen molar-refractivity contribution >= 4 is 41.5 Å². The van der Waals surface area contributed by atoms with Gasteiger partial charge in [0.1, 0.15) is 0 Å². The average molecular weight is 527 g/mol. The topological polar surface area (TPSA) is 69.2 Å². The number of halogens is 1. The third kappa shape index (κ3) is 5.78. The molecule has 3 fully saturated rings. The van der Waals surface area contributed by atoms with E-state index in [0.29, 0.717) is 31.2 Å². The Morgan fingerprint density at radius 2 is 1.93 bits per heavy atom. The van der Waals surface area contributed by atoms with E-state index in [2.05, 4.69) is 51.7 Å². The third-order valence-electron chi connectivity index (χ3n) is 6.12. The Balaban J connectivity index is 0.00000256. The van der Waals surface area contributed by atoms with Crippen molar-refractivity contribution in [1.82, 2.24) is 15.5 Å². The average Bonchev–Trinajstić information content (AvgIpc) is 3.38. The molecular formula is C22H34IN5O2. The first-order valence-electron chi connectivity index (χ1n) is 11.0. The first-order chi connectivity index (χ1) is 14.2. The zero-order valence-electron chi connectivity index (χ0n) is 17.8. The Hall–Kier alpha value is -1.55. The minimum absolute atomic E-state index is 0. The number of para-hydroxylation sites is 1. The second kappa shape index (κ2) is 11.2. The van der Waals surface area contributed by atoms with E-state index in [1.165, 1.54) is 12.1 Å². The van der Waals surface area contributed by atoms with Gasteiger partial charge in [-0.25, -0.2) is 0 Å². The molecule has 1 amide bonds. The van der Waals surface area contributed by atoms with Crippen molar-refractivity contribution in [3.63, 3.8) is 0 Å². The molecule has 1 aromatic carbocycles. The smallest absolute Gasteiger partial charge is 0.224 e. The van der Waals surface area contributed by atoms with E-state index < -0.39 is 0 Å². The molecule has 0 aromatic heterocycles. The molecule has 0 aliphatic carbocycles. The van der Waals surface area contributed by atoms with Crippen LogP contribution in [0.1, 0.15) is 32.6 Å². The van der Waals surface area contributed by atoms with E-state index in [9.17, 15) is 4.79 Å². The zero-order chi connectivity index (χ0) is 20.1. The SMILES string of the molecule is CCNC(=NCCC(=O)N1CCN(c2ccccc2)CC1)NC1CC2CCC1O2.I. The maximum Gasteiger partial charge on any atom is 0.224 e. The molecule has 2 N–H and O–H groups in total. The van der Waals surface area contributed by atoms with Gasteiger partial charge in [-0.15, -0.1) is 24.0 Å². The summed E-state index contributed by atoms with van der Waals surface area (Å²) in [4.78, 5) is 21.6. The Kier molecular flexibility index (Phi) is 8.61. The highest BCUT2D eigenvalue weighted by Gasteiger charge is 2.41. The summed E-state index contributed by atoms with van der Waals surface area (Å²) in [6.45, 7) is 6.70. The lowest BCUT2D eigenvalue weighted by Gasteiger charge is -2.36. The summed E-state index contributed by atoms with van der Waals surface area (Å²) >= 11 is 0. The predicted octanol–water partition coefficient (Wildman–Crippen LogP) is 2.22. The van der Waals surface area contributed by atoms with Gasteiger partial charge in [-0.2, -0.15) is 0 Å². The molecule has 0 spiro atoms. The number of benzene rings is 1. The van der Waals surface area contributed by atoms with Crippen molar-refractivity contribution in [3.8, 4) is 0 Å². The van der Waals surface area contributed by atoms with Crippen LogP contribution >= 0.6 is 24.0 Å². The molecule has 0 radical (unpaired) electrons. The Morgan fingerprint density at radius 1 is 1.17 bits per heavy atom. The number of rotatable bonds is 6. The molecule has 3 saturated heterocycles. The number of piperazine rings is 1. The van der Waals surface area contributed by atoms with Gasteiger partial charge in [0.25, 0.3) is 0 Å². The van der Waals surface area contributed by atoms with Crippen molar-refractivity contribution in [3.05, 3.63) is 30.3 Å². The standard InChI is InChI=1S/C22H33N5O2.HI/c1-2-23-22(25-19-16-18-8-9-20(19)29-18)24-11-10-21(28)27-14-12-26(13-15-27)17-6-4-3-5-7-17;/h3-7,18-20H,2,8-16H2,1H3,(H2,23,24,25);1H. The number of hydrogen-bond acceptors (Lipinski definition) is 4. The number of anilines is 1. The number of carbonyl (C=O) groups excluding carboxylic acids is 1. The fourth-order valence-electron chi connectivity index (χ4n) is 4.56. The predicted molar refractivity (Wildman–Crippen MR) is 131 cm³/mol. The van der Waals surface area contributed by atoms with Gasteiger partial charge >= 0.3 is 0 Å². The van der Waals surface area contributed by atoms with Crippen LogP contribution in [0, 0.1) is 0 Å². The Bertz CT molecular complexity index is 709. The molecule has 4 rings (SSSR count). The lowest BCUT2D eigenvalue weighted by atomic mass is 9.96. The second-order valence-corrected chi connectivity index (χ2v) is 8.07. The minimum atomic E-state index is 0. The van der Waals surface area contributed by atoms with Gasteiger partial charge in [0.05, 0.1) is 24.8 Å². The normalized spacial score (nSPS) is 25.8. The summed E-state index contributed by atoms with van der Waals surface area (Å²) in [6, 6.07) is 10.7. The van der Waals surface area contributed by atoms with Gasteiger partial charge in [0.2, 0.25) is 5.91 Å². The number of nitrogens with one attached hydrogen (secondary N) is 2. The number of aliphatic imine (C=N–C) groups is 1. The fourth-order valence-corrected chi connectivity index (χ4v) is 4.56. The lowest BCUT2D eigenvalue weighted by Crippen LogP contribution is -2.49. The molecule has 3 unspecified atom stereocenters. The molecule has 30 heavy (non-hydrogen) atoms. The molecule has 166 valence electrons. The number of amides is 1. The van der Waals surface area contributed by atoms with Crippen LogP contribution in [-0.4, -0.2) is 74.3 Å². The lowest BCUT2D eigenvalue weighted by molar-refractivity contribution is -0.131. The second-order valence-electron chi connectivity index (χ2n) is 8.07. The maximum absolute atomic E-state index is 12.6. The third-order valence-corrected chi connectivity index (χ3v) is 6.12. The van der Waals surface area contributed by atoms with Gasteiger partial charge in [-0.1, -0.05) is 18.2 Å². The highest BCUT2D eigenvalue weighted by atomic mass is 127. The number of ether oxygens (including phenoxy) is 1. The molecular weight excluding hydrogens is 493 g/mol. The molecule has 3 heterocycles. The first kappa shape index (κ1) is 23.1. The number of carbonyl (C=O) groups is 1. The zero-order valence-corrected chi connectivity index (χ0v) is 20.1. The van der Waals surface area contributed by atoms with Crippen LogP contribution < -0.4 is 15.5 Å². The number of fused-ring (bicyclic) bond motifs is 2. The number of guanidine groups is 1. The Labute approximate surface area is 196 Å². The summed E-state index contributed by atoms with van der Waals surface area (Å²) in [5.74, 6) is 0.996. The molecule has 3 aliphatic rings. The summed E-state index contributed by atoms with van der Waals surface area (Å²) in [5, 5.41) is 6.81. The van der Waals surface area contributed by atoms with Gasteiger partial charge in [-0.3, -0.25) is 9.79 Å². The van der Waals surface area contributed by atoms with E-state index in [0.717, 1.165) is 51.5 Å². The quantitative estimate of drug-likeness (QED) is 0.338. The summed E-state index contributed by atoms with van der Waals surface area (Å²) in [7, 11) is 0. The fraction of sp³-hybridized carbons (Fsp3) is 0.636. The number of nitrogens with zero attached hydrogens (tertiary/aromatic N) is 3. The van der Waals surface area contributed by atoms with E-state index in [-0.39, 0.29) is 29.9 Å². The van der Waals surface area contributed by atoms with Crippen LogP contribution in [0.4, 0.5) is 5.69 Å². The van der Waals surface area contributed by atoms with Crippen molar-refractivity contribution < 1.29 is 9.53 Å². The molecule has 8 heteroatoms. The van der Waals surface area contributed by atoms with Crippen molar-refractivity contribution in [2.45, 2.75) is 50.9 Å². The van der Waals surface area contributed by atoms with Crippen LogP contribution in [0.25, 0.3) is 0 Å². The van der Waals surface area contributed by atoms with Crippen LogP contribution in [-0.2, 0) is 9.53 Å². The van der Waals surface area contributed by atoms with E-state index in [4.69, 9.17) is 4.74 Å². The van der Waals surface area contributed by atoms with E-state index in [1.54, 1.807) is 0 Å². The summed E-state index contributed by atoms with van der Waals surface area (Å²) in [6.07, 6.45) is 4.55. The van der Waals surface area contributed by atoms with Crippen LogP contribution in [0.15, 0.2) is 35.3 Å². The van der Waals surface area contributed by atoms with Crippen LogP contribution in [0.2, 0.25) is 0 Å².